The molecule has 9 aliphatic heterocycles. The van der Waals surface area contributed by atoms with E-state index >= 15 is 0 Å². The van der Waals surface area contributed by atoms with Crippen LogP contribution in [0.3, 0.4) is 0 Å². The molecule has 0 saturated carbocycles. The number of methoxy groups -OCH3 is 1. The zero-order valence-corrected chi connectivity index (χ0v) is 33.9. The van der Waals surface area contributed by atoms with E-state index in [1.165, 1.54) is 0 Å². The van der Waals surface area contributed by atoms with E-state index in [4.69, 9.17) is 43.6 Å². The number of hydrogen-bond donors (Lipinski definition) is 3. The number of ketones is 1. The fourth-order valence-electron chi connectivity index (χ4n) is 10.0. The van der Waals surface area contributed by atoms with E-state index in [2.05, 4.69) is 20.1 Å². The average Bonchev–Trinajstić information content (AvgIpc) is 3.58. The van der Waals surface area contributed by atoms with E-state index < -0.39 is 32.4 Å². The second-order valence-electron chi connectivity index (χ2n) is 16.7. The molecule has 9 aliphatic rings. The van der Waals surface area contributed by atoms with E-state index in [1.54, 1.807) is 7.11 Å². The molecule has 16 atom stereocenters. The van der Waals surface area contributed by atoms with Gasteiger partial charge in [0.25, 0.3) is 0 Å². The molecular formula is C40H64INO11. The number of carbonyl (C=O) groups is 1. The van der Waals surface area contributed by atoms with Gasteiger partial charge < -0.3 is 20.3 Å². The number of hydrogen-bond acceptors (Lipinski definition) is 12. The minimum atomic E-state index is -2.47. The van der Waals surface area contributed by atoms with Crippen LogP contribution < -0.4 is 5.73 Å². The molecule has 0 radical (unpaired) electrons. The van der Waals surface area contributed by atoms with Crippen LogP contribution in [0.15, 0.2) is 24.3 Å². The quantitative estimate of drug-likeness (QED) is 0.204. The van der Waals surface area contributed by atoms with Crippen molar-refractivity contribution in [3.63, 3.8) is 0 Å². The third-order valence-electron chi connectivity index (χ3n) is 12.9. The maximum atomic E-state index is 14.0. The van der Waals surface area contributed by atoms with Gasteiger partial charge in [-0.25, -0.2) is 0 Å². The fraction of sp³-hybridized carbons (Fsp3) is 0.875. The minimum absolute atomic E-state index is 0.0203. The van der Waals surface area contributed by atoms with Crippen molar-refractivity contribution in [3.8, 4) is 0 Å². The third kappa shape index (κ3) is 9.60. The Morgan fingerprint density at radius 2 is 1.64 bits per heavy atom. The van der Waals surface area contributed by atoms with Crippen LogP contribution in [0.25, 0.3) is 0 Å². The van der Waals surface area contributed by atoms with Crippen LogP contribution in [0, 0.1) is 11.8 Å². The number of aliphatic hydroxyl groups is 1. The molecule has 0 amide bonds. The summed E-state index contributed by atoms with van der Waals surface area (Å²) in [5, 5.41) is 10.5. The van der Waals surface area contributed by atoms with E-state index in [-0.39, 0.29) is 115 Å². The standard InChI is InChI=1S/C40H64INO11/c1-22-13-28-8-10-31-23(2)14-27(49-31)7-5-6-12-41(45)40-37-19-35(47-21-48-40)39-32(52-37)11-9-29(51-39)15-25(43)16-30-34(18-33(50-28)24(22)3)53-36(38(30)46-4)17-26(44)20-42/h22,26-40,44-45H,2-3,5-21,42H2,1,4H3/t22-,26-,27?,28+,29?,30?,31?,32-,33?,34+,35?,36-,37-,38-,39+,40?/m1/s1. The molecule has 12 nitrogen and oxygen atoms in total. The van der Waals surface area contributed by atoms with Gasteiger partial charge in [0.15, 0.2) is 0 Å². The van der Waals surface area contributed by atoms with Crippen LogP contribution in [-0.2, 0) is 42.7 Å². The summed E-state index contributed by atoms with van der Waals surface area (Å²) in [6.07, 6.45) is 6.92. The van der Waals surface area contributed by atoms with Crippen molar-refractivity contribution < 1.29 is 51.2 Å². The molecule has 0 aromatic carbocycles. The second kappa shape index (κ2) is 18.4. The molecule has 9 rings (SSSR count). The van der Waals surface area contributed by atoms with Gasteiger partial charge in [-0.3, -0.25) is 0 Å². The van der Waals surface area contributed by atoms with Crippen LogP contribution in [0.4, 0.5) is 0 Å². The summed E-state index contributed by atoms with van der Waals surface area (Å²) in [5.74, 6) is 0.140. The summed E-state index contributed by atoms with van der Waals surface area (Å²) in [6.45, 7) is 11.3. The molecule has 9 fully saturated rings. The molecule has 7 unspecified atom stereocenters. The Hall–Kier alpha value is -0.560. The van der Waals surface area contributed by atoms with E-state index in [0.717, 1.165) is 66.9 Å². The normalized spacial score (nSPS) is 46.0. The SMILES string of the molecule is C=C1CC2CCCCI(O)C3OCOC4C[C@H]3O[C@@H]3CCC(CC(=O)CC5[C@H](CC6O[C@@H](CCC1O2)C[C@@H](C)C6=C)O[C@H](C[C@@H](O)CN)[C@@H]5OC)O[C@H]43. The van der Waals surface area contributed by atoms with Gasteiger partial charge in [-0.1, -0.05) is 13.5 Å². The number of aliphatic hydroxyl groups excluding tert-OH is 1. The number of nitrogens with two attached hydrogens (primary N) is 1. The second-order valence-corrected chi connectivity index (χ2v) is 21.1. The molecule has 10 bridgehead atoms. The molecule has 0 spiro atoms. The summed E-state index contributed by atoms with van der Waals surface area (Å²) in [4.78, 5) is 14.0. The number of rotatable bonds is 4. The number of fused-ring (bicyclic) bond motifs is 1. The van der Waals surface area contributed by atoms with Crippen LogP contribution >= 0.6 is 20.2 Å². The Labute approximate surface area is 323 Å². The van der Waals surface area contributed by atoms with Crippen molar-refractivity contribution in [2.75, 3.05) is 24.9 Å². The Bertz CT molecular complexity index is 1270. The molecule has 0 aromatic rings. The van der Waals surface area contributed by atoms with Crippen molar-refractivity contribution in [2.24, 2.45) is 17.6 Å². The first kappa shape index (κ1) is 40.6. The van der Waals surface area contributed by atoms with Crippen molar-refractivity contribution >= 4 is 26.0 Å². The van der Waals surface area contributed by atoms with Gasteiger partial charge in [0.2, 0.25) is 0 Å². The Balaban J connectivity index is 1.10. The summed E-state index contributed by atoms with van der Waals surface area (Å²) in [6, 6.07) is 0. The van der Waals surface area contributed by atoms with E-state index in [1.807, 2.05) is 0 Å². The molecule has 4 N–H and O–H groups in total. The van der Waals surface area contributed by atoms with Crippen LogP contribution in [0.5, 0.6) is 0 Å². The summed E-state index contributed by atoms with van der Waals surface area (Å²) in [5.41, 5.74) is 8.02. The number of ether oxygens (including phenoxy) is 8. The number of carbonyl (C=O) groups excluding carboxylic acids is 1. The number of Topliss-reactive ketones (excluding diaryl/α,β-unsaturated/α-hetero) is 1. The van der Waals surface area contributed by atoms with Crippen molar-refractivity contribution in [3.05, 3.63) is 24.3 Å². The van der Waals surface area contributed by atoms with Crippen molar-refractivity contribution in [2.45, 2.75) is 180 Å². The predicted octanol–water partition coefficient (Wildman–Crippen LogP) is 4.68. The number of halogens is 1. The summed E-state index contributed by atoms with van der Waals surface area (Å²) < 4.78 is 63.5. The Morgan fingerprint density at radius 1 is 0.849 bits per heavy atom. The van der Waals surface area contributed by atoms with Gasteiger partial charge in [-0.05, 0) is 5.57 Å². The van der Waals surface area contributed by atoms with Gasteiger partial charge in [-0.2, -0.15) is 0 Å². The topological polar surface area (TPSA) is 157 Å². The predicted molar refractivity (Wildman–Crippen MR) is 205 cm³/mol. The molecule has 302 valence electrons. The van der Waals surface area contributed by atoms with Gasteiger partial charge in [0.05, 0.1) is 12.2 Å². The monoisotopic (exact) mass is 861 g/mol. The van der Waals surface area contributed by atoms with E-state index in [9.17, 15) is 13.3 Å². The van der Waals surface area contributed by atoms with Gasteiger partial charge in [0.1, 0.15) is 0 Å². The zero-order chi connectivity index (χ0) is 37.2. The van der Waals surface area contributed by atoms with Gasteiger partial charge in [-0.15, -0.1) is 0 Å². The number of alkyl halides is 2. The Morgan fingerprint density at radius 3 is 2.45 bits per heavy atom. The summed E-state index contributed by atoms with van der Waals surface area (Å²) in [7, 11) is 1.65. The van der Waals surface area contributed by atoms with Crippen LogP contribution in [0.2, 0.25) is 0 Å². The van der Waals surface area contributed by atoms with Crippen LogP contribution in [-0.4, -0.2) is 123 Å². The first-order valence-corrected chi connectivity index (χ1v) is 24.0. The molecular weight excluding hydrogens is 797 g/mol. The average molecular weight is 862 g/mol. The molecule has 13 heteroatoms. The van der Waals surface area contributed by atoms with E-state index in [0.29, 0.717) is 25.7 Å². The van der Waals surface area contributed by atoms with Gasteiger partial charge in [0, 0.05) is 26.5 Å². The maximum absolute atomic E-state index is 14.0. The molecule has 9 heterocycles. The fourth-order valence-corrected chi connectivity index (χ4v) is 13.9. The molecule has 0 aromatic heterocycles. The zero-order valence-electron chi connectivity index (χ0n) is 31.7. The summed E-state index contributed by atoms with van der Waals surface area (Å²) >= 11 is -2.47. The van der Waals surface area contributed by atoms with Crippen LogP contribution in [0.1, 0.15) is 96.8 Å². The third-order valence-corrected chi connectivity index (χ3v) is 17.4. The molecule has 53 heavy (non-hydrogen) atoms. The van der Waals surface area contributed by atoms with Crippen molar-refractivity contribution in [1.82, 2.24) is 0 Å². The first-order valence-electron chi connectivity index (χ1n) is 20.2. The molecule has 0 aliphatic carbocycles. The van der Waals surface area contributed by atoms with Gasteiger partial charge >= 0.3 is 246 Å². The molecule has 9 saturated heterocycles. The van der Waals surface area contributed by atoms with Crippen molar-refractivity contribution in [1.29, 1.82) is 0 Å². The first-order chi connectivity index (χ1) is 25.6. The Kier molecular flexibility index (Phi) is 14.1.